The summed E-state index contributed by atoms with van der Waals surface area (Å²) in [6, 6.07) is 22.5. The van der Waals surface area contributed by atoms with Crippen molar-refractivity contribution in [3.63, 3.8) is 0 Å². The van der Waals surface area contributed by atoms with E-state index in [1.807, 2.05) is 48.5 Å². The van der Waals surface area contributed by atoms with E-state index in [1.54, 1.807) is 24.5 Å². The Kier molecular flexibility index (Phi) is 9.80. The molecule has 1 heterocycles. The summed E-state index contributed by atoms with van der Waals surface area (Å²) in [5, 5.41) is 3.15. The second kappa shape index (κ2) is 13.7. The van der Waals surface area contributed by atoms with Crippen LogP contribution >= 0.6 is 0 Å². The third-order valence-corrected chi connectivity index (χ3v) is 9.64. The van der Waals surface area contributed by atoms with Crippen LogP contribution in [0.15, 0.2) is 102 Å². The third kappa shape index (κ3) is 8.12. The number of rotatable bonds is 10. The van der Waals surface area contributed by atoms with E-state index in [0.29, 0.717) is 17.5 Å². The number of hydrogen-bond acceptors (Lipinski definition) is 4. The van der Waals surface area contributed by atoms with Crippen molar-refractivity contribution < 1.29 is 26.4 Å². The van der Waals surface area contributed by atoms with Crippen molar-refractivity contribution in [2.45, 2.75) is 68.7 Å². The van der Waals surface area contributed by atoms with Gasteiger partial charge in [-0.1, -0.05) is 73.9 Å². The van der Waals surface area contributed by atoms with E-state index in [4.69, 9.17) is 0 Å². The lowest BCUT2D eigenvalue weighted by Crippen LogP contribution is -2.37. The van der Waals surface area contributed by atoms with Gasteiger partial charge in [0.15, 0.2) is 0 Å². The van der Waals surface area contributed by atoms with Crippen LogP contribution < -0.4 is 5.32 Å². The molecule has 0 radical (unpaired) electrons. The average molecular weight is 622 g/mol. The summed E-state index contributed by atoms with van der Waals surface area (Å²) < 4.78 is 67.7. The van der Waals surface area contributed by atoms with Crippen LogP contribution in [-0.2, 0) is 40.5 Å². The Morgan fingerprint density at radius 3 is 1.95 bits per heavy atom. The molecule has 4 aromatic rings. The second-order valence-electron chi connectivity index (χ2n) is 11.1. The van der Waals surface area contributed by atoms with Crippen molar-refractivity contribution in [1.29, 1.82) is 0 Å². The van der Waals surface area contributed by atoms with Gasteiger partial charge in [0.25, 0.3) is 0 Å². The van der Waals surface area contributed by atoms with Gasteiger partial charge >= 0.3 is 6.18 Å². The zero-order valence-electron chi connectivity index (χ0n) is 24.1. The number of hydrogen-bond donors (Lipinski definition) is 1. The Labute approximate surface area is 256 Å². The topological polar surface area (TPSA) is 79.4 Å². The number of sulfonamides is 1. The Bertz CT molecular complexity index is 1640. The van der Waals surface area contributed by atoms with Crippen molar-refractivity contribution >= 4 is 15.9 Å². The lowest BCUT2D eigenvalue weighted by Gasteiger charge is -2.23. The molecule has 0 bridgehead atoms. The van der Waals surface area contributed by atoms with Gasteiger partial charge in [0.1, 0.15) is 0 Å². The molecule has 0 aliphatic heterocycles. The number of amides is 1. The summed E-state index contributed by atoms with van der Waals surface area (Å²) in [7, 11) is -4.14. The van der Waals surface area contributed by atoms with E-state index in [9.17, 15) is 26.4 Å². The van der Waals surface area contributed by atoms with Crippen LogP contribution in [0, 0.1) is 0 Å². The van der Waals surface area contributed by atoms with Crippen molar-refractivity contribution in [3.8, 4) is 11.1 Å². The highest BCUT2D eigenvalue weighted by molar-refractivity contribution is 7.89. The zero-order chi connectivity index (χ0) is 31.2. The highest BCUT2D eigenvalue weighted by Gasteiger charge is 2.32. The highest BCUT2D eigenvalue weighted by atomic mass is 32.2. The minimum atomic E-state index is -4.57. The largest absolute Gasteiger partial charge is 0.416 e. The minimum Gasteiger partial charge on any atom is -0.353 e. The van der Waals surface area contributed by atoms with Crippen LogP contribution in [-0.4, -0.2) is 29.7 Å². The lowest BCUT2D eigenvalue weighted by atomic mass is 9.95. The maximum atomic E-state index is 13.6. The number of carbonyl (C=O) groups excluding carboxylic acids is 1. The molecular weight excluding hydrogens is 587 g/mol. The van der Waals surface area contributed by atoms with Crippen molar-refractivity contribution in [3.05, 3.63) is 120 Å². The summed E-state index contributed by atoms with van der Waals surface area (Å²) in [5.74, 6) is 0.0380. The van der Waals surface area contributed by atoms with E-state index in [1.165, 1.54) is 10.7 Å². The van der Waals surface area contributed by atoms with E-state index in [2.05, 4.69) is 10.3 Å². The van der Waals surface area contributed by atoms with Crippen LogP contribution in [0.1, 0.15) is 54.4 Å². The third-order valence-electron chi connectivity index (χ3n) is 7.84. The maximum absolute atomic E-state index is 13.6. The highest BCUT2D eigenvalue weighted by Crippen LogP contribution is 2.31. The van der Waals surface area contributed by atoms with E-state index < -0.39 is 21.8 Å². The van der Waals surface area contributed by atoms with Crippen LogP contribution in [0.4, 0.5) is 13.2 Å². The average Bonchev–Trinajstić information content (AvgIpc) is 3.02. The number of benzene rings is 3. The molecule has 1 aromatic heterocycles. The van der Waals surface area contributed by atoms with Gasteiger partial charge < -0.3 is 5.32 Å². The zero-order valence-corrected chi connectivity index (χ0v) is 24.9. The van der Waals surface area contributed by atoms with Gasteiger partial charge in [-0.2, -0.15) is 17.5 Å². The first-order valence-corrected chi connectivity index (χ1v) is 16.1. The van der Waals surface area contributed by atoms with E-state index in [-0.39, 0.29) is 29.9 Å². The standard InChI is InChI=1S/C34H34F3N3O3S/c35-34(36,37)30-16-18-32(19-17-30)44(42,43)40(24-27-5-4-20-38-22-27)23-26-10-14-29(15-11-26)28-12-8-25(9-13-28)21-33(41)39-31-6-2-1-3-7-31/h4-5,8-20,22,31H,1-3,6-7,21,23-24H2,(H,39,41). The number of nitrogens with one attached hydrogen (secondary N) is 1. The smallest absolute Gasteiger partial charge is 0.353 e. The molecule has 1 aliphatic rings. The van der Waals surface area contributed by atoms with Crippen LogP contribution in [0.3, 0.4) is 0 Å². The summed E-state index contributed by atoms with van der Waals surface area (Å²) in [6.45, 7) is 0.00229. The fraction of sp³-hybridized carbons (Fsp3) is 0.294. The fourth-order valence-electron chi connectivity index (χ4n) is 5.42. The first-order chi connectivity index (χ1) is 21.1. The monoisotopic (exact) mass is 621 g/mol. The minimum absolute atomic E-state index is 0.00523. The quantitative estimate of drug-likeness (QED) is 0.204. The number of nitrogens with zero attached hydrogens (tertiary/aromatic N) is 2. The molecule has 1 amide bonds. The van der Waals surface area contributed by atoms with Gasteiger partial charge in [0.05, 0.1) is 16.9 Å². The molecule has 1 N–H and O–H groups in total. The first kappa shape index (κ1) is 31.4. The Morgan fingerprint density at radius 2 is 1.39 bits per heavy atom. The van der Waals surface area contributed by atoms with E-state index in [0.717, 1.165) is 66.6 Å². The fourth-order valence-corrected chi connectivity index (χ4v) is 6.83. The molecule has 0 saturated heterocycles. The molecule has 6 nitrogen and oxygen atoms in total. The lowest BCUT2D eigenvalue weighted by molar-refractivity contribution is -0.137. The van der Waals surface area contributed by atoms with E-state index >= 15 is 0 Å². The van der Waals surface area contributed by atoms with Gasteiger partial charge in [0.2, 0.25) is 15.9 Å². The van der Waals surface area contributed by atoms with Crippen LogP contribution in [0.25, 0.3) is 11.1 Å². The molecular formula is C34H34F3N3O3S. The Hall–Kier alpha value is -4.02. The number of halogens is 3. The molecule has 5 rings (SSSR count). The molecule has 10 heteroatoms. The number of carbonyl (C=O) groups is 1. The normalized spacial score (nSPS) is 14.5. The van der Waals surface area contributed by atoms with Gasteiger partial charge in [0, 0.05) is 31.5 Å². The van der Waals surface area contributed by atoms with Gasteiger partial charge in [-0.05, 0) is 71.0 Å². The molecule has 0 spiro atoms. The van der Waals surface area contributed by atoms with Gasteiger partial charge in [-0.15, -0.1) is 0 Å². The molecule has 230 valence electrons. The van der Waals surface area contributed by atoms with Gasteiger partial charge in [-0.3, -0.25) is 9.78 Å². The molecule has 0 unspecified atom stereocenters. The first-order valence-electron chi connectivity index (χ1n) is 14.6. The molecule has 1 saturated carbocycles. The Balaban J connectivity index is 1.29. The number of alkyl halides is 3. The van der Waals surface area contributed by atoms with Crippen molar-refractivity contribution in [2.75, 3.05) is 0 Å². The van der Waals surface area contributed by atoms with Crippen molar-refractivity contribution in [1.82, 2.24) is 14.6 Å². The summed E-state index contributed by atoms with van der Waals surface area (Å²) in [4.78, 5) is 16.3. The Morgan fingerprint density at radius 1 is 0.795 bits per heavy atom. The van der Waals surface area contributed by atoms with Crippen molar-refractivity contribution in [2.24, 2.45) is 0 Å². The predicted octanol–water partition coefficient (Wildman–Crippen LogP) is 7.15. The molecule has 3 aromatic carbocycles. The van der Waals surface area contributed by atoms with Crippen LogP contribution in [0.2, 0.25) is 0 Å². The molecule has 1 fully saturated rings. The second-order valence-corrected chi connectivity index (χ2v) is 13.1. The molecule has 0 atom stereocenters. The number of pyridine rings is 1. The maximum Gasteiger partial charge on any atom is 0.416 e. The molecule has 1 aliphatic carbocycles. The SMILES string of the molecule is O=C(Cc1ccc(-c2ccc(CN(Cc3cccnc3)S(=O)(=O)c3ccc(C(F)(F)F)cc3)cc2)cc1)NC1CCCCC1. The number of aromatic nitrogens is 1. The summed E-state index contributed by atoms with van der Waals surface area (Å²) >= 11 is 0. The summed E-state index contributed by atoms with van der Waals surface area (Å²) in [6.07, 6.45) is 4.55. The van der Waals surface area contributed by atoms with Gasteiger partial charge in [-0.25, -0.2) is 8.42 Å². The molecule has 44 heavy (non-hydrogen) atoms. The summed E-state index contributed by atoms with van der Waals surface area (Å²) in [5.41, 5.74) is 3.25. The van der Waals surface area contributed by atoms with Crippen LogP contribution in [0.5, 0.6) is 0 Å². The predicted molar refractivity (Wildman–Crippen MR) is 163 cm³/mol.